The molecule has 4 saturated heterocycles. The zero-order chi connectivity index (χ0) is 85.3. The lowest BCUT2D eigenvalue weighted by molar-refractivity contribution is -0.369. The highest BCUT2D eigenvalue weighted by atomic mass is 35.5. The Morgan fingerprint density at radius 3 is 0.927 bits per heavy atom. The van der Waals surface area contributed by atoms with Gasteiger partial charge in [0.2, 0.25) is 12.3 Å². The molecule has 26 heteroatoms. The number of nitrogens with one attached hydrogen (secondary N) is 1. The highest BCUT2D eigenvalue weighted by Crippen LogP contribution is 2.40. The van der Waals surface area contributed by atoms with Crippen LogP contribution in [-0.4, -0.2) is 167 Å². The lowest BCUT2D eigenvalue weighted by Gasteiger charge is -2.51. The van der Waals surface area contributed by atoms with Gasteiger partial charge in [0, 0.05) is 11.8 Å². The molecule has 0 aromatic heterocycles. The molecule has 4 aliphatic rings. The van der Waals surface area contributed by atoms with E-state index >= 15 is 4.39 Å². The summed E-state index contributed by atoms with van der Waals surface area (Å²) < 4.78 is 144. The number of alkyl halides is 2. The molecule has 1 amide bonds. The number of rotatable bonds is 44. The fourth-order valence-electron chi connectivity index (χ4n) is 15.5. The highest BCUT2D eigenvalue weighted by Gasteiger charge is 2.58. The Morgan fingerprint density at radius 1 is 0.339 bits per heavy atom. The van der Waals surface area contributed by atoms with Crippen LogP contribution in [0.5, 0.6) is 0 Å². The molecule has 24 nitrogen and oxygen atoms in total. The maximum atomic E-state index is 18.0. The molecule has 0 radical (unpaired) electrons. The summed E-state index contributed by atoms with van der Waals surface area (Å²) in [6, 6.07) is 92.8. The second-order valence-corrected chi connectivity index (χ2v) is 30.8. The highest BCUT2D eigenvalue weighted by molar-refractivity contribution is 6.26. The van der Waals surface area contributed by atoms with Crippen molar-refractivity contribution in [2.75, 3.05) is 32.3 Å². The number of hydrogen-bond donors (Lipinski definition) is 1. The number of carbonyl (C=O) groups excluding carboxylic acids is 2. The molecular formula is C98H104ClFN4O20. The summed E-state index contributed by atoms with van der Waals surface area (Å²) in [4.78, 5) is 31.6. The summed E-state index contributed by atoms with van der Waals surface area (Å²) in [7, 11) is 0. The first-order chi connectivity index (χ1) is 61.1. The normalized spacial score (nSPS) is 26.2. The van der Waals surface area contributed by atoms with Gasteiger partial charge in [-0.25, -0.2) is 4.39 Å². The zero-order valence-electron chi connectivity index (χ0n) is 68.8. The first-order valence-corrected chi connectivity index (χ1v) is 42.3. The van der Waals surface area contributed by atoms with Crippen molar-refractivity contribution in [1.82, 2.24) is 5.32 Å². The molecule has 1 N–H and O–H groups in total. The van der Waals surface area contributed by atoms with Crippen LogP contribution in [-0.2, 0) is 161 Å². The summed E-state index contributed by atoms with van der Waals surface area (Å²) in [5, 5.41) is 7.06. The van der Waals surface area contributed by atoms with Crippen LogP contribution in [0.25, 0.3) is 10.4 Å². The number of ether oxygens (including phenoxy) is 18. The standard InChI is InChI=1S/C98H104ClFN4O20/c1-67(105)102-84-89(112-58-73-42-22-7-23-43-73)87(123-97-93(115-61-76-48-28-10-29-49-76)91(113-59-74-44-24-8-25-45-74)85(110-56-71-38-18-5-19-39-71)78(120-97)63-107-53-68-32-12-2-13-33-68)80(65-109-55-70-36-16-4-17-37-70)119-96(84)117-66-81-88(122-82(106)52-99)90(83(103-104-101)95(100)118-81)124-98-94(116-62-77-50-30-11-31-51-77)92(114-60-75-46-26-9-27-47-75)86(111-57-72-40-20-6-21-41-72)79(121-98)64-108-54-69-34-14-3-15-35-69/h2-51,78-81,83-98H,52-66H2,1H3,(H,102,105)/t78-,79-,80-,81-,83-,84-,85+,86+,87-,88+,89-,90-,91+,92+,93-,94-,95?,96-,97+,98+/m1/s1. The second-order valence-electron chi connectivity index (χ2n) is 30.5. The van der Waals surface area contributed by atoms with Crippen molar-refractivity contribution in [1.29, 1.82) is 0 Å². The summed E-state index contributed by atoms with van der Waals surface area (Å²) in [6.07, 6.45) is -24.4. The van der Waals surface area contributed by atoms with Gasteiger partial charge in [0.1, 0.15) is 97.3 Å². The molecule has 0 bridgehead atoms. The molecule has 1 unspecified atom stereocenters. The Kier molecular flexibility index (Phi) is 34.9. The van der Waals surface area contributed by atoms with Crippen LogP contribution in [0.3, 0.4) is 0 Å². The van der Waals surface area contributed by atoms with Gasteiger partial charge in [0.25, 0.3) is 0 Å². The molecule has 124 heavy (non-hydrogen) atoms. The minimum Gasteiger partial charge on any atom is -0.456 e. The van der Waals surface area contributed by atoms with Gasteiger partial charge in [0.15, 0.2) is 25.0 Å². The average Bonchev–Trinajstić information content (AvgIpc) is 0.767. The van der Waals surface area contributed by atoms with E-state index in [4.69, 9.17) is 96.9 Å². The summed E-state index contributed by atoms with van der Waals surface area (Å²) >= 11 is 6.39. The number of azide groups is 1. The van der Waals surface area contributed by atoms with E-state index in [1.807, 2.05) is 303 Å². The van der Waals surface area contributed by atoms with Gasteiger partial charge in [-0.05, 0) is 61.2 Å². The van der Waals surface area contributed by atoms with Gasteiger partial charge in [0.05, 0.1) is 92.5 Å². The largest absolute Gasteiger partial charge is 0.456 e. The third kappa shape index (κ3) is 26.3. The van der Waals surface area contributed by atoms with Crippen molar-refractivity contribution in [3.63, 3.8) is 0 Å². The lowest BCUT2D eigenvalue weighted by Crippen LogP contribution is -2.69. The Balaban J connectivity index is 0.836. The average molecular weight is 1710 g/mol. The molecule has 14 rings (SSSR count). The van der Waals surface area contributed by atoms with E-state index in [9.17, 15) is 15.1 Å². The molecule has 4 heterocycles. The van der Waals surface area contributed by atoms with Crippen LogP contribution in [0.4, 0.5) is 4.39 Å². The fraction of sp³-hybridized carbons (Fsp3) is 0.367. The van der Waals surface area contributed by atoms with Crippen molar-refractivity contribution in [2.24, 2.45) is 5.11 Å². The number of esters is 1. The van der Waals surface area contributed by atoms with Gasteiger partial charge in [-0.2, -0.15) is 0 Å². The third-order valence-corrected chi connectivity index (χ3v) is 21.8. The van der Waals surface area contributed by atoms with Gasteiger partial charge >= 0.3 is 5.97 Å². The van der Waals surface area contributed by atoms with E-state index in [1.54, 1.807) is 0 Å². The van der Waals surface area contributed by atoms with Crippen molar-refractivity contribution in [3.8, 4) is 0 Å². The summed E-state index contributed by atoms with van der Waals surface area (Å²) in [5.41, 5.74) is 18.8. The van der Waals surface area contributed by atoms with E-state index in [0.29, 0.717) is 0 Å². The number of hydrogen-bond acceptors (Lipinski definition) is 21. The first-order valence-electron chi connectivity index (χ1n) is 41.7. The lowest BCUT2D eigenvalue weighted by atomic mass is 9.94. The number of halogens is 2. The van der Waals surface area contributed by atoms with Crippen LogP contribution < -0.4 is 5.32 Å². The van der Waals surface area contributed by atoms with E-state index < -0.39 is 147 Å². The molecule has 10 aromatic rings. The van der Waals surface area contributed by atoms with Gasteiger partial charge in [-0.15, -0.1) is 11.6 Å². The second kappa shape index (κ2) is 47.9. The first kappa shape index (κ1) is 90.2. The maximum Gasteiger partial charge on any atom is 0.321 e. The van der Waals surface area contributed by atoms with Crippen molar-refractivity contribution >= 4 is 23.5 Å². The van der Waals surface area contributed by atoms with Crippen LogP contribution in [0, 0.1) is 0 Å². The Hall–Kier alpha value is -10.0. The van der Waals surface area contributed by atoms with Crippen molar-refractivity contribution in [3.05, 3.63) is 369 Å². The topological polar surface area (TPSA) is 261 Å². The minimum atomic E-state index is -2.51. The van der Waals surface area contributed by atoms with Crippen LogP contribution in [0.15, 0.2) is 308 Å². The summed E-state index contributed by atoms with van der Waals surface area (Å²) in [6.45, 7) is 1.07. The monoisotopic (exact) mass is 1710 g/mol. The fourth-order valence-corrected chi connectivity index (χ4v) is 15.5. The van der Waals surface area contributed by atoms with Gasteiger partial charge in [-0.3, -0.25) is 9.59 Å². The van der Waals surface area contributed by atoms with E-state index in [-0.39, 0.29) is 85.9 Å². The molecule has 0 spiro atoms. The Bertz CT molecular complexity index is 4780. The quantitative estimate of drug-likeness (QED) is 0.0122. The molecule has 4 fully saturated rings. The molecule has 650 valence electrons. The third-order valence-electron chi connectivity index (χ3n) is 21.5. The molecule has 0 saturated carbocycles. The maximum absolute atomic E-state index is 18.0. The van der Waals surface area contributed by atoms with Crippen LogP contribution in [0.1, 0.15) is 62.6 Å². The SMILES string of the molecule is CC(=O)N[C@H]1[C@H](OC[C@H]2OC(F)[C@H](N=[N+]=[N-])[C@@H](O[C@@H]3O[C@H](COCc4ccccc4)[C@H](OCc4ccccc4)[C@H](OCc4ccccc4)[C@H]3OCc3ccccc3)[C@H]2OC(=O)CCl)O[C@H](COCc2ccccc2)[C@@H](O[C@@H]2O[C@H](COCc3ccccc3)[C@H](OCc3ccccc3)[C@H](OCc3ccccc3)[C@H]2OCc2ccccc2)[C@@H]1OCc1ccccc1. The number of benzene rings is 10. The smallest absolute Gasteiger partial charge is 0.321 e. The van der Waals surface area contributed by atoms with Crippen LogP contribution in [0.2, 0.25) is 0 Å². The van der Waals surface area contributed by atoms with Gasteiger partial charge in [-0.1, -0.05) is 308 Å². The molecule has 20 atom stereocenters. The molecule has 10 aromatic carbocycles. The Labute approximate surface area is 726 Å². The molecular weight excluding hydrogens is 1610 g/mol. The molecule has 4 aliphatic heterocycles. The number of carbonyl (C=O) groups is 2. The Morgan fingerprint density at radius 2 is 0.613 bits per heavy atom. The van der Waals surface area contributed by atoms with E-state index in [1.165, 1.54) is 6.92 Å². The van der Waals surface area contributed by atoms with E-state index in [2.05, 4.69) is 15.3 Å². The van der Waals surface area contributed by atoms with Gasteiger partial charge < -0.3 is 90.6 Å². The number of amides is 1. The zero-order valence-corrected chi connectivity index (χ0v) is 69.5. The van der Waals surface area contributed by atoms with Crippen LogP contribution >= 0.6 is 11.6 Å². The predicted molar refractivity (Wildman–Crippen MR) is 456 cm³/mol. The van der Waals surface area contributed by atoms with Crippen molar-refractivity contribution < 1.29 is 99.2 Å². The minimum absolute atomic E-state index is 0.0249. The summed E-state index contributed by atoms with van der Waals surface area (Å²) in [5.74, 6) is -2.27. The molecule has 0 aliphatic carbocycles. The predicted octanol–water partition coefficient (Wildman–Crippen LogP) is 15.7. The van der Waals surface area contributed by atoms with E-state index in [0.717, 1.165) is 55.6 Å². The van der Waals surface area contributed by atoms with Crippen molar-refractivity contribution in [2.45, 2.75) is 196 Å². The number of nitrogens with zero attached hydrogens (tertiary/aromatic N) is 3.